The van der Waals surface area contributed by atoms with Crippen LogP contribution in [0.25, 0.3) is 27.6 Å². The van der Waals surface area contributed by atoms with Crippen molar-refractivity contribution in [2.45, 2.75) is 136 Å². The molecule has 0 saturated carbocycles. The molecule has 1 aliphatic heterocycles. The number of hydrogen-bond donors (Lipinski definition) is 0. The van der Waals surface area contributed by atoms with E-state index in [4.69, 9.17) is 9.72 Å². The van der Waals surface area contributed by atoms with E-state index in [9.17, 15) is 0 Å². The fraction of sp³-hybridized carbons (Fsp3) is 0.293. The lowest BCUT2D eigenvalue weighted by Crippen LogP contribution is -2.27. The molecular formula is C75H80N4O. The van der Waals surface area contributed by atoms with Gasteiger partial charge in [-0.05, 0) is 139 Å². The number of benzene rings is 8. The summed E-state index contributed by atoms with van der Waals surface area (Å²) in [6.07, 6.45) is 1.95. The highest BCUT2D eigenvalue weighted by molar-refractivity contribution is 6.10. The van der Waals surface area contributed by atoms with Gasteiger partial charge >= 0.3 is 0 Å². The number of ether oxygens (including phenoxy) is 1. The van der Waals surface area contributed by atoms with Crippen LogP contribution in [0.2, 0.25) is 0 Å². The Balaban J connectivity index is 1.05. The van der Waals surface area contributed by atoms with E-state index >= 15 is 0 Å². The van der Waals surface area contributed by atoms with Crippen LogP contribution in [-0.4, -0.2) is 16.2 Å². The second-order valence-corrected chi connectivity index (χ2v) is 27.2. The Morgan fingerprint density at radius 2 is 0.838 bits per heavy atom. The fourth-order valence-electron chi connectivity index (χ4n) is 11.8. The predicted octanol–water partition coefficient (Wildman–Crippen LogP) is 20.1. The number of anilines is 4. The molecule has 8 aromatic carbocycles. The summed E-state index contributed by atoms with van der Waals surface area (Å²) in [5, 5.41) is 2.34. The van der Waals surface area contributed by atoms with Gasteiger partial charge in [-0.15, -0.1) is 0 Å². The molecule has 0 N–H and O–H groups in total. The third-order valence-electron chi connectivity index (χ3n) is 17.5. The van der Waals surface area contributed by atoms with E-state index < -0.39 is 0 Å². The van der Waals surface area contributed by atoms with Gasteiger partial charge in [0.05, 0.1) is 22.4 Å². The van der Waals surface area contributed by atoms with Gasteiger partial charge in [0.25, 0.3) is 0 Å². The molecule has 10 aromatic rings. The molecule has 0 bridgehead atoms. The predicted molar refractivity (Wildman–Crippen MR) is 339 cm³/mol. The zero-order chi connectivity index (χ0) is 56.7. The van der Waals surface area contributed by atoms with Gasteiger partial charge in [0.1, 0.15) is 24.0 Å². The SMILES string of the molecule is CC(C)(C)c1cc(Oc2ccc3c4cc(C(C)(C)c5ccccc5)ccc4n(-c4cc(C(C)(C)C)ccn4)c3c2)cc(N2CN(c3cc(C(C)(C)c4ccccc4)cc(C(C)(C)c4ccccc4)c3)c3ccc(C(C)(C)C)cc32)c1. The van der Waals surface area contributed by atoms with Crippen LogP contribution < -0.4 is 14.5 Å². The standard InChI is InChI=1S/C75H80N4O/c1-70(2,3)53-31-36-66-68(45-53)78(49-77(66)59-41-57(74(12,13)51-27-21-17-22-28-51)39-58(42-59)75(14,15)52-29-23-18-24-30-52)60-40-56(72(7,8)9)43-62(47-60)80-61-33-34-63-64-44-55(73(10,11)50-25-19-16-20-26-50)32-35-65(64)79(67(63)48-61)69-46-54(37-38-76-69)71(4,5)6/h16-48H,49H2,1-15H3. The summed E-state index contributed by atoms with van der Waals surface area (Å²) in [4.78, 5) is 10.1. The third kappa shape index (κ3) is 9.99. The van der Waals surface area contributed by atoms with Crippen molar-refractivity contribution in [3.63, 3.8) is 0 Å². The molecule has 0 aliphatic carbocycles. The molecule has 11 rings (SSSR count). The Labute approximate surface area is 476 Å². The van der Waals surface area contributed by atoms with E-state index in [1.54, 1.807) is 0 Å². The Morgan fingerprint density at radius 3 is 1.40 bits per heavy atom. The summed E-state index contributed by atoms with van der Waals surface area (Å²) < 4.78 is 9.54. The Morgan fingerprint density at radius 1 is 0.338 bits per heavy atom. The summed E-state index contributed by atoms with van der Waals surface area (Å²) in [5.41, 5.74) is 17.1. The summed E-state index contributed by atoms with van der Waals surface area (Å²) in [6, 6.07) is 72.0. The van der Waals surface area contributed by atoms with Gasteiger partial charge in [0, 0.05) is 56.7 Å². The molecule has 3 heterocycles. The molecule has 5 heteroatoms. The van der Waals surface area contributed by atoms with Crippen LogP contribution in [0, 0.1) is 0 Å². The molecule has 0 unspecified atom stereocenters. The second kappa shape index (κ2) is 19.7. The van der Waals surface area contributed by atoms with E-state index in [2.05, 4.69) is 312 Å². The summed E-state index contributed by atoms with van der Waals surface area (Å²) in [5.74, 6) is 2.44. The highest BCUT2D eigenvalue weighted by atomic mass is 16.5. The summed E-state index contributed by atoms with van der Waals surface area (Å²) >= 11 is 0. The lowest BCUT2D eigenvalue weighted by Gasteiger charge is -2.33. The minimum atomic E-state index is -0.267. The quantitative estimate of drug-likeness (QED) is 0.129. The van der Waals surface area contributed by atoms with Crippen LogP contribution in [0.5, 0.6) is 11.5 Å². The van der Waals surface area contributed by atoms with Crippen LogP contribution in [0.3, 0.4) is 0 Å². The van der Waals surface area contributed by atoms with E-state index in [0.717, 1.165) is 39.4 Å². The number of pyridine rings is 1. The minimum absolute atomic E-state index is 0.0554. The zero-order valence-electron chi connectivity index (χ0n) is 50.0. The van der Waals surface area contributed by atoms with Gasteiger partial charge in [-0.25, -0.2) is 4.98 Å². The van der Waals surface area contributed by atoms with Crippen LogP contribution >= 0.6 is 0 Å². The first-order chi connectivity index (χ1) is 37.8. The van der Waals surface area contributed by atoms with Crippen molar-refractivity contribution in [2.24, 2.45) is 0 Å². The Hall–Kier alpha value is -7.89. The number of fused-ring (bicyclic) bond motifs is 4. The van der Waals surface area contributed by atoms with Crippen molar-refractivity contribution >= 4 is 44.6 Å². The molecule has 0 amide bonds. The van der Waals surface area contributed by atoms with Crippen LogP contribution in [0.15, 0.2) is 200 Å². The van der Waals surface area contributed by atoms with Crippen molar-refractivity contribution < 1.29 is 4.74 Å². The smallest absolute Gasteiger partial charge is 0.137 e. The third-order valence-corrected chi connectivity index (χ3v) is 17.5. The maximum atomic E-state index is 7.22. The molecule has 1 aliphatic rings. The van der Waals surface area contributed by atoms with Gasteiger partial charge in [-0.2, -0.15) is 0 Å². The molecule has 0 atom stereocenters. The molecule has 406 valence electrons. The highest BCUT2D eigenvalue weighted by Crippen LogP contribution is 2.50. The van der Waals surface area contributed by atoms with Crippen molar-refractivity contribution in [1.29, 1.82) is 0 Å². The molecule has 0 saturated heterocycles. The largest absolute Gasteiger partial charge is 0.457 e. The minimum Gasteiger partial charge on any atom is -0.457 e. The first kappa shape index (κ1) is 54.1. The maximum absolute atomic E-state index is 7.22. The molecular weight excluding hydrogens is 973 g/mol. The Kier molecular flexibility index (Phi) is 13.3. The van der Waals surface area contributed by atoms with Gasteiger partial charge in [-0.3, -0.25) is 4.57 Å². The van der Waals surface area contributed by atoms with E-state index in [-0.39, 0.29) is 32.5 Å². The number of nitrogens with zero attached hydrogens (tertiary/aromatic N) is 4. The number of aromatic nitrogens is 2. The van der Waals surface area contributed by atoms with Gasteiger partial charge in [0.15, 0.2) is 0 Å². The normalized spacial score (nSPS) is 13.6. The average Bonchev–Trinajstić information content (AvgIpc) is 4.12. The summed E-state index contributed by atoms with van der Waals surface area (Å²) in [6.45, 7) is 35.3. The van der Waals surface area contributed by atoms with Gasteiger partial charge in [0.2, 0.25) is 0 Å². The highest BCUT2D eigenvalue weighted by Gasteiger charge is 2.35. The van der Waals surface area contributed by atoms with Crippen LogP contribution in [0.1, 0.15) is 154 Å². The molecule has 0 fully saturated rings. The second-order valence-electron chi connectivity index (χ2n) is 27.2. The first-order valence-electron chi connectivity index (χ1n) is 28.7. The molecule has 2 aromatic heterocycles. The van der Waals surface area contributed by atoms with E-state index in [1.807, 2.05) is 6.20 Å². The Bertz CT molecular complexity index is 3850. The first-order valence-corrected chi connectivity index (χ1v) is 28.7. The average molecular weight is 1050 g/mol. The number of hydrogen-bond acceptors (Lipinski definition) is 4. The van der Waals surface area contributed by atoms with Crippen LogP contribution in [-0.2, 0) is 32.5 Å². The lowest BCUT2D eigenvalue weighted by molar-refractivity contribution is 0.479. The van der Waals surface area contributed by atoms with Gasteiger partial charge < -0.3 is 14.5 Å². The summed E-state index contributed by atoms with van der Waals surface area (Å²) in [7, 11) is 0. The maximum Gasteiger partial charge on any atom is 0.137 e. The molecule has 5 nitrogen and oxygen atoms in total. The fourth-order valence-corrected chi connectivity index (χ4v) is 11.8. The monoisotopic (exact) mass is 1050 g/mol. The topological polar surface area (TPSA) is 33.5 Å². The molecule has 0 radical (unpaired) electrons. The van der Waals surface area contributed by atoms with Crippen LogP contribution in [0.4, 0.5) is 22.7 Å². The van der Waals surface area contributed by atoms with Crippen molar-refractivity contribution in [2.75, 3.05) is 16.5 Å². The lowest BCUT2D eigenvalue weighted by atomic mass is 9.73. The molecule has 80 heavy (non-hydrogen) atoms. The van der Waals surface area contributed by atoms with Crippen molar-refractivity contribution in [1.82, 2.24) is 9.55 Å². The number of rotatable bonds is 11. The van der Waals surface area contributed by atoms with E-state index in [1.165, 1.54) is 72.5 Å². The molecule has 0 spiro atoms. The van der Waals surface area contributed by atoms with Crippen molar-refractivity contribution in [3.8, 4) is 17.3 Å². The zero-order valence-corrected chi connectivity index (χ0v) is 50.0. The van der Waals surface area contributed by atoms with Gasteiger partial charge in [-0.1, -0.05) is 213 Å². The van der Waals surface area contributed by atoms with E-state index in [0.29, 0.717) is 6.67 Å². The van der Waals surface area contributed by atoms with Crippen molar-refractivity contribution in [3.05, 3.63) is 250 Å².